The molecule has 5 heteroatoms. The average Bonchev–Trinajstić information content (AvgIpc) is 2.47. The van der Waals surface area contributed by atoms with Crippen molar-refractivity contribution in [1.29, 1.82) is 0 Å². The van der Waals surface area contributed by atoms with Crippen LogP contribution < -0.4 is 4.74 Å². The molecule has 0 saturated carbocycles. The summed E-state index contributed by atoms with van der Waals surface area (Å²) in [7, 11) is 0. The molecule has 120 valence electrons. The number of esters is 2. The van der Waals surface area contributed by atoms with Gasteiger partial charge in [-0.1, -0.05) is 29.8 Å². The second kappa shape index (κ2) is 10.9. The van der Waals surface area contributed by atoms with Crippen LogP contribution in [0.3, 0.4) is 0 Å². The molecular weight excluding hydrogens is 304 g/mol. The maximum absolute atomic E-state index is 11.6. The van der Waals surface area contributed by atoms with E-state index in [1.807, 2.05) is 19.1 Å². The predicted molar refractivity (Wildman–Crippen MR) is 85.9 cm³/mol. The molecule has 0 atom stereocenters. The standard InChI is InChI=1S/C17H21ClO4/c1-2-3-4-5-12-21-16(19)10-7-11-17(20)22-15-9-6-8-14(18)13-15/h2-3,6,8-9,13H,4-5,7,10-12H2,1H3/b3-2+. The van der Waals surface area contributed by atoms with E-state index < -0.39 is 0 Å². The van der Waals surface area contributed by atoms with Gasteiger partial charge in [0.05, 0.1) is 6.61 Å². The Hall–Kier alpha value is -1.81. The monoisotopic (exact) mass is 324 g/mol. The molecular formula is C17H21ClO4. The summed E-state index contributed by atoms with van der Waals surface area (Å²) >= 11 is 5.80. The number of benzene rings is 1. The third kappa shape index (κ3) is 8.47. The molecule has 0 heterocycles. The lowest BCUT2D eigenvalue weighted by atomic mass is 10.2. The van der Waals surface area contributed by atoms with Crippen molar-refractivity contribution < 1.29 is 19.1 Å². The number of unbranched alkanes of at least 4 members (excludes halogenated alkanes) is 1. The molecule has 0 bridgehead atoms. The van der Waals surface area contributed by atoms with E-state index in [9.17, 15) is 9.59 Å². The van der Waals surface area contributed by atoms with Gasteiger partial charge in [-0.15, -0.1) is 0 Å². The molecule has 0 spiro atoms. The highest BCUT2D eigenvalue weighted by Crippen LogP contribution is 2.17. The van der Waals surface area contributed by atoms with Crippen molar-refractivity contribution in [3.8, 4) is 5.75 Å². The van der Waals surface area contributed by atoms with Gasteiger partial charge in [0.15, 0.2) is 0 Å². The van der Waals surface area contributed by atoms with E-state index in [1.54, 1.807) is 24.3 Å². The summed E-state index contributed by atoms with van der Waals surface area (Å²) in [4.78, 5) is 23.1. The van der Waals surface area contributed by atoms with Crippen LogP contribution in [0.25, 0.3) is 0 Å². The molecule has 0 aliphatic heterocycles. The Morgan fingerprint density at radius 3 is 2.68 bits per heavy atom. The molecule has 22 heavy (non-hydrogen) atoms. The summed E-state index contributed by atoms with van der Waals surface area (Å²) in [6, 6.07) is 6.63. The van der Waals surface area contributed by atoms with Crippen LogP contribution >= 0.6 is 11.6 Å². The van der Waals surface area contributed by atoms with Crippen LogP contribution in [0.4, 0.5) is 0 Å². The molecule has 0 aliphatic rings. The van der Waals surface area contributed by atoms with E-state index in [0.29, 0.717) is 23.8 Å². The number of rotatable bonds is 9. The summed E-state index contributed by atoms with van der Waals surface area (Å²) in [5.74, 6) is -0.261. The van der Waals surface area contributed by atoms with E-state index in [0.717, 1.165) is 12.8 Å². The Labute approximate surface area is 136 Å². The van der Waals surface area contributed by atoms with Gasteiger partial charge in [0.25, 0.3) is 0 Å². The second-order valence-electron chi connectivity index (χ2n) is 4.72. The quantitative estimate of drug-likeness (QED) is 0.294. The zero-order chi connectivity index (χ0) is 16.2. The number of hydrogen-bond donors (Lipinski definition) is 0. The number of carbonyl (C=O) groups is 2. The molecule has 0 saturated heterocycles. The lowest BCUT2D eigenvalue weighted by Gasteiger charge is -2.05. The molecule has 0 unspecified atom stereocenters. The molecule has 0 amide bonds. The van der Waals surface area contributed by atoms with Gasteiger partial charge in [0.1, 0.15) is 5.75 Å². The zero-order valence-corrected chi connectivity index (χ0v) is 13.5. The van der Waals surface area contributed by atoms with Crippen LogP contribution in [0.5, 0.6) is 5.75 Å². The van der Waals surface area contributed by atoms with Crippen molar-refractivity contribution in [2.45, 2.75) is 39.0 Å². The minimum atomic E-state index is -0.386. The van der Waals surface area contributed by atoms with Gasteiger partial charge in [-0.25, -0.2) is 0 Å². The van der Waals surface area contributed by atoms with Crippen molar-refractivity contribution in [2.75, 3.05) is 6.61 Å². The van der Waals surface area contributed by atoms with Gasteiger partial charge >= 0.3 is 11.9 Å². The van der Waals surface area contributed by atoms with Crippen molar-refractivity contribution in [3.05, 3.63) is 41.4 Å². The largest absolute Gasteiger partial charge is 0.466 e. The first-order valence-electron chi connectivity index (χ1n) is 7.35. The van der Waals surface area contributed by atoms with Crippen molar-refractivity contribution in [3.63, 3.8) is 0 Å². The molecule has 0 aromatic heterocycles. The van der Waals surface area contributed by atoms with E-state index in [2.05, 4.69) is 0 Å². The lowest BCUT2D eigenvalue weighted by molar-refractivity contribution is -0.144. The molecule has 0 fully saturated rings. The Balaban J connectivity index is 2.12. The molecule has 1 aromatic rings. The predicted octanol–water partition coefficient (Wildman–Crippen LogP) is 4.32. The summed E-state index contributed by atoms with van der Waals surface area (Å²) in [5.41, 5.74) is 0. The third-order valence-electron chi connectivity index (χ3n) is 2.80. The van der Waals surface area contributed by atoms with Gasteiger partial charge < -0.3 is 9.47 Å². The van der Waals surface area contributed by atoms with Gasteiger partial charge in [0, 0.05) is 17.9 Å². The topological polar surface area (TPSA) is 52.6 Å². The van der Waals surface area contributed by atoms with Gasteiger partial charge in [-0.3, -0.25) is 9.59 Å². The summed E-state index contributed by atoms with van der Waals surface area (Å²) in [6.45, 7) is 2.37. The van der Waals surface area contributed by atoms with Crippen LogP contribution in [0.15, 0.2) is 36.4 Å². The maximum Gasteiger partial charge on any atom is 0.311 e. The number of hydrogen-bond acceptors (Lipinski definition) is 4. The van der Waals surface area contributed by atoms with Gasteiger partial charge in [0.2, 0.25) is 0 Å². The normalized spacial score (nSPS) is 10.6. The fraction of sp³-hybridized carbons (Fsp3) is 0.412. The highest BCUT2D eigenvalue weighted by molar-refractivity contribution is 6.30. The Kier molecular flexibility index (Phi) is 9.00. The number of ether oxygens (including phenoxy) is 2. The maximum atomic E-state index is 11.6. The smallest absolute Gasteiger partial charge is 0.311 e. The molecule has 4 nitrogen and oxygen atoms in total. The molecule has 1 aromatic carbocycles. The molecule has 0 radical (unpaired) electrons. The lowest BCUT2D eigenvalue weighted by Crippen LogP contribution is -2.10. The third-order valence-corrected chi connectivity index (χ3v) is 3.04. The number of halogens is 1. The van der Waals surface area contributed by atoms with E-state index in [4.69, 9.17) is 21.1 Å². The SMILES string of the molecule is C/C=C/CCCOC(=O)CCCC(=O)Oc1cccc(Cl)c1. The van der Waals surface area contributed by atoms with Crippen molar-refractivity contribution >= 4 is 23.5 Å². The summed E-state index contributed by atoms with van der Waals surface area (Å²) in [6.07, 6.45) is 6.50. The second-order valence-corrected chi connectivity index (χ2v) is 5.15. The number of carbonyl (C=O) groups excluding carboxylic acids is 2. The zero-order valence-electron chi connectivity index (χ0n) is 12.7. The highest BCUT2D eigenvalue weighted by Gasteiger charge is 2.08. The van der Waals surface area contributed by atoms with E-state index in [-0.39, 0.29) is 24.8 Å². The Morgan fingerprint density at radius 2 is 1.95 bits per heavy atom. The summed E-state index contributed by atoms with van der Waals surface area (Å²) in [5, 5.41) is 0.506. The Morgan fingerprint density at radius 1 is 1.18 bits per heavy atom. The fourth-order valence-corrected chi connectivity index (χ4v) is 1.90. The van der Waals surface area contributed by atoms with Gasteiger partial charge in [-0.2, -0.15) is 0 Å². The van der Waals surface area contributed by atoms with Gasteiger partial charge in [-0.05, 0) is 44.4 Å². The first-order valence-corrected chi connectivity index (χ1v) is 7.72. The van der Waals surface area contributed by atoms with Crippen LogP contribution in [0, 0.1) is 0 Å². The van der Waals surface area contributed by atoms with Crippen LogP contribution in [-0.2, 0) is 14.3 Å². The number of allylic oxidation sites excluding steroid dienone is 2. The first kappa shape index (κ1) is 18.2. The van der Waals surface area contributed by atoms with Crippen LogP contribution in [0.1, 0.15) is 39.0 Å². The first-order chi connectivity index (χ1) is 10.6. The van der Waals surface area contributed by atoms with Crippen molar-refractivity contribution in [1.82, 2.24) is 0 Å². The molecule has 0 N–H and O–H groups in total. The van der Waals surface area contributed by atoms with E-state index in [1.165, 1.54) is 0 Å². The Bertz CT molecular complexity index is 511. The molecule has 1 rings (SSSR count). The highest BCUT2D eigenvalue weighted by atomic mass is 35.5. The minimum absolute atomic E-state index is 0.167. The summed E-state index contributed by atoms with van der Waals surface area (Å²) < 4.78 is 10.2. The van der Waals surface area contributed by atoms with Crippen molar-refractivity contribution in [2.24, 2.45) is 0 Å². The average molecular weight is 325 g/mol. The fourth-order valence-electron chi connectivity index (χ4n) is 1.72. The molecule has 0 aliphatic carbocycles. The minimum Gasteiger partial charge on any atom is -0.466 e. The van der Waals surface area contributed by atoms with Crippen LogP contribution in [0.2, 0.25) is 5.02 Å². The van der Waals surface area contributed by atoms with E-state index >= 15 is 0 Å². The van der Waals surface area contributed by atoms with Crippen LogP contribution in [-0.4, -0.2) is 18.5 Å².